The number of halogens is 1. The number of hydrogen-bond acceptors (Lipinski definition) is 4. The molecule has 1 saturated carbocycles. The molecule has 0 aliphatic heterocycles. The van der Waals surface area contributed by atoms with Crippen LogP contribution in [0.5, 0.6) is 0 Å². The van der Waals surface area contributed by atoms with E-state index in [4.69, 9.17) is 16.1 Å². The molecule has 1 aromatic heterocycles. The largest absolute Gasteiger partial charge is 0.391 e. The summed E-state index contributed by atoms with van der Waals surface area (Å²) >= 11 is 6.24. The standard InChI is InChI=1S/C24H32ClNO3/c1-15-5-6-17(21(25)9-15)12-19(28)7-8-22-20(14-27)23(29-26-22)18-10-16(11-18)13-24(2,3)4/h5-6,9,16,18,27H,7-8,10-14H2,1-4H3. The van der Waals surface area contributed by atoms with Gasteiger partial charge in [-0.1, -0.05) is 49.7 Å². The lowest BCUT2D eigenvalue weighted by Gasteiger charge is -2.38. The van der Waals surface area contributed by atoms with Gasteiger partial charge in [-0.2, -0.15) is 0 Å². The zero-order chi connectivity index (χ0) is 21.2. The van der Waals surface area contributed by atoms with Gasteiger partial charge in [0.2, 0.25) is 0 Å². The summed E-state index contributed by atoms with van der Waals surface area (Å²) in [6, 6.07) is 5.75. The van der Waals surface area contributed by atoms with Gasteiger partial charge in [-0.15, -0.1) is 0 Å². The second kappa shape index (κ2) is 9.01. The summed E-state index contributed by atoms with van der Waals surface area (Å²) < 4.78 is 5.61. The van der Waals surface area contributed by atoms with Gasteiger partial charge in [0.15, 0.2) is 0 Å². The Balaban J connectivity index is 1.56. The van der Waals surface area contributed by atoms with Gasteiger partial charge in [-0.05, 0) is 54.7 Å². The van der Waals surface area contributed by atoms with Crippen molar-refractivity contribution in [3.8, 4) is 0 Å². The number of hydrogen-bond donors (Lipinski definition) is 1. The fourth-order valence-electron chi connectivity index (χ4n) is 4.38. The van der Waals surface area contributed by atoms with E-state index in [2.05, 4.69) is 25.9 Å². The molecule has 0 unspecified atom stereocenters. The zero-order valence-electron chi connectivity index (χ0n) is 17.9. The molecule has 1 fully saturated rings. The van der Waals surface area contributed by atoms with Crippen molar-refractivity contribution in [3.05, 3.63) is 51.4 Å². The third kappa shape index (κ3) is 5.70. The predicted octanol–water partition coefficient (Wildman–Crippen LogP) is 5.80. The molecular weight excluding hydrogens is 386 g/mol. The van der Waals surface area contributed by atoms with Crippen LogP contribution in [0.2, 0.25) is 5.02 Å². The molecule has 1 aliphatic rings. The molecule has 0 bridgehead atoms. The van der Waals surface area contributed by atoms with E-state index in [1.807, 2.05) is 25.1 Å². The zero-order valence-corrected chi connectivity index (χ0v) is 18.7. The molecule has 1 aliphatic carbocycles. The molecule has 1 N–H and O–H groups in total. The molecule has 1 heterocycles. The first-order chi connectivity index (χ1) is 13.7. The van der Waals surface area contributed by atoms with Gasteiger partial charge in [0.1, 0.15) is 11.5 Å². The van der Waals surface area contributed by atoms with Crippen molar-refractivity contribution >= 4 is 17.4 Å². The molecule has 5 heteroatoms. The summed E-state index contributed by atoms with van der Waals surface area (Å²) in [7, 11) is 0. The number of aliphatic hydroxyl groups excluding tert-OH is 1. The summed E-state index contributed by atoms with van der Waals surface area (Å²) in [5, 5.41) is 14.7. The maximum Gasteiger partial charge on any atom is 0.145 e. The number of aromatic nitrogens is 1. The molecule has 29 heavy (non-hydrogen) atoms. The topological polar surface area (TPSA) is 63.3 Å². The molecule has 158 valence electrons. The molecule has 0 spiro atoms. The van der Waals surface area contributed by atoms with E-state index in [1.165, 1.54) is 6.42 Å². The van der Waals surface area contributed by atoms with Crippen molar-refractivity contribution < 1.29 is 14.4 Å². The van der Waals surface area contributed by atoms with Crippen molar-refractivity contribution in [2.24, 2.45) is 11.3 Å². The first-order valence-corrected chi connectivity index (χ1v) is 10.9. The number of carbonyl (C=O) groups is 1. The van der Waals surface area contributed by atoms with Crippen LogP contribution in [0.15, 0.2) is 22.7 Å². The van der Waals surface area contributed by atoms with E-state index in [-0.39, 0.29) is 12.4 Å². The van der Waals surface area contributed by atoms with E-state index in [0.717, 1.165) is 35.3 Å². The lowest BCUT2D eigenvalue weighted by molar-refractivity contribution is -0.118. The monoisotopic (exact) mass is 417 g/mol. The second-order valence-corrected chi connectivity index (χ2v) is 10.1. The van der Waals surface area contributed by atoms with Gasteiger partial charge >= 0.3 is 0 Å². The summed E-state index contributed by atoms with van der Waals surface area (Å²) in [5.41, 5.74) is 3.76. The van der Waals surface area contributed by atoms with Crippen LogP contribution in [0.25, 0.3) is 0 Å². The molecule has 1 aromatic carbocycles. The van der Waals surface area contributed by atoms with Gasteiger partial charge in [0, 0.05) is 35.8 Å². The molecule has 0 saturated heterocycles. The van der Waals surface area contributed by atoms with Crippen LogP contribution in [-0.2, 0) is 24.2 Å². The molecule has 4 nitrogen and oxygen atoms in total. The summed E-state index contributed by atoms with van der Waals surface area (Å²) in [4.78, 5) is 12.4. The summed E-state index contributed by atoms with van der Waals surface area (Å²) in [6.07, 6.45) is 4.54. The lowest BCUT2D eigenvalue weighted by atomic mass is 9.67. The van der Waals surface area contributed by atoms with Crippen LogP contribution >= 0.6 is 11.6 Å². The van der Waals surface area contributed by atoms with Crippen molar-refractivity contribution in [1.29, 1.82) is 0 Å². The SMILES string of the molecule is Cc1ccc(CC(=O)CCc2noc(C3CC(CC(C)(C)C)C3)c2CO)c(Cl)c1. The average Bonchev–Trinajstić information content (AvgIpc) is 3.00. The second-order valence-electron chi connectivity index (χ2n) is 9.74. The summed E-state index contributed by atoms with van der Waals surface area (Å²) in [5.74, 6) is 1.98. The first-order valence-electron chi connectivity index (χ1n) is 10.5. The Morgan fingerprint density at radius 3 is 2.66 bits per heavy atom. The van der Waals surface area contributed by atoms with Gasteiger partial charge in [0.25, 0.3) is 0 Å². The van der Waals surface area contributed by atoms with Crippen LogP contribution < -0.4 is 0 Å². The maximum absolute atomic E-state index is 12.4. The van der Waals surface area contributed by atoms with Crippen molar-refractivity contribution in [3.63, 3.8) is 0 Å². The van der Waals surface area contributed by atoms with Crippen LogP contribution in [0.3, 0.4) is 0 Å². The molecule has 0 atom stereocenters. The minimum Gasteiger partial charge on any atom is -0.391 e. The minimum absolute atomic E-state index is 0.0907. The molecule has 2 aromatic rings. The van der Waals surface area contributed by atoms with E-state index in [9.17, 15) is 9.90 Å². The summed E-state index contributed by atoms with van der Waals surface area (Å²) in [6.45, 7) is 8.70. The molecule has 0 radical (unpaired) electrons. The van der Waals surface area contributed by atoms with Gasteiger partial charge in [-0.3, -0.25) is 4.79 Å². The van der Waals surface area contributed by atoms with Crippen LogP contribution in [0.1, 0.15) is 80.5 Å². The first kappa shape index (κ1) is 22.0. The van der Waals surface area contributed by atoms with Crippen molar-refractivity contribution in [2.75, 3.05) is 0 Å². The highest BCUT2D eigenvalue weighted by atomic mass is 35.5. The fraction of sp³-hybridized carbons (Fsp3) is 0.583. The van der Waals surface area contributed by atoms with Crippen LogP contribution in [0, 0.1) is 18.3 Å². The number of rotatable bonds is 8. The Bertz CT molecular complexity index is 859. The third-order valence-electron chi connectivity index (χ3n) is 5.80. The highest BCUT2D eigenvalue weighted by Gasteiger charge is 2.37. The minimum atomic E-state index is -0.0907. The van der Waals surface area contributed by atoms with E-state index >= 15 is 0 Å². The highest BCUT2D eigenvalue weighted by molar-refractivity contribution is 6.31. The number of Topliss-reactive ketones (excluding diaryl/α,β-unsaturated/α-hetero) is 1. The number of ketones is 1. The van der Waals surface area contributed by atoms with Gasteiger partial charge < -0.3 is 9.63 Å². The normalized spacial score (nSPS) is 19.2. The van der Waals surface area contributed by atoms with Crippen LogP contribution in [0.4, 0.5) is 0 Å². The Kier molecular flexibility index (Phi) is 6.85. The Labute approximate surface area is 178 Å². The van der Waals surface area contributed by atoms with E-state index in [0.29, 0.717) is 47.2 Å². The fourth-order valence-corrected chi connectivity index (χ4v) is 4.68. The highest BCUT2D eigenvalue weighted by Crippen LogP contribution is 2.47. The van der Waals surface area contributed by atoms with E-state index < -0.39 is 0 Å². The van der Waals surface area contributed by atoms with Gasteiger partial charge in [-0.25, -0.2) is 0 Å². The Morgan fingerprint density at radius 2 is 2.03 bits per heavy atom. The number of nitrogens with zero attached hydrogens (tertiary/aromatic N) is 1. The number of aryl methyl sites for hydroxylation is 2. The number of carbonyl (C=O) groups excluding carboxylic acids is 1. The number of aliphatic hydroxyl groups is 1. The lowest BCUT2D eigenvalue weighted by Crippen LogP contribution is -2.26. The van der Waals surface area contributed by atoms with Crippen molar-refractivity contribution in [1.82, 2.24) is 5.16 Å². The maximum atomic E-state index is 12.4. The Hall–Kier alpha value is -1.65. The predicted molar refractivity (Wildman–Crippen MR) is 115 cm³/mol. The quantitative estimate of drug-likeness (QED) is 0.589. The smallest absolute Gasteiger partial charge is 0.145 e. The average molecular weight is 418 g/mol. The Morgan fingerprint density at radius 1 is 1.31 bits per heavy atom. The molecular formula is C24H32ClNO3. The van der Waals surface area contributed by atoms with E-state index in [1.54, 1.807) is 0 Å². The van der Waals surface area contributed by atoms with Gasteiger partial charge in [0.05, 0.1) is 12.3 Å². The van der Waals surface area contributed by atoms with Crippen LogP contribution in [-0.4, -0.2) is 16.0 Å². The third-order valence-corrected chi connectivity index (χ3v) is 6.15. The molecule has 0 amide bonds. The number of benzene rings is 1. The molecule has 3 rings (SSSR count). The van der Waals surface area contributed by atoms with Crippen molar-refractivity contribution in [2.45, 2.75) is 78.7 Å².